The van der Waals surface area contributed by atoms with Crippen molar-refractivity contribution in [2.24, 2.45) is 0 Å². The van der Waals surface area contributed by atoms with Gasteiger partial charge in [-0.05, 0) is 40.5 Å². The molecule has 0 bridgehead atoms. The van der Waals surface area contributed by atoms with Crippen molar-refractivity contribution in [3.8, 4) is 6.07 Å². The maximum absolute atomic E-state index is 12.5. The highest BCUT2D eigenvalue weighted by Gasteiger charge is 2.36. The molecule has 0 aromatic heterocycles. The van der Waals surface area contributed by atoms with Crippen LogP contribution in [0, 0.1) is 11.3 Å². The van der Waals surface area contributed by atoms with Crippen molar-refractivity contribution in [2.45, 2.75) is 76.9 Å². The normalized spacial score (nSPS) is 20.0. The van der Waals surface area contributed by atoms with Crippen molar-refractivity contribution in [2.75, 3.05) is 13.6 Å². The number of carbonyl (C=O) groups excluding carboxylic acids is 2. The molecule has 1 aliphatic rings. The lowest BCUT2D eigenvalue weighted by Gasteiger charge is -2.33. The average Bonchev–Trinajstić information content (AvgIpc) is 2.45. The molecule has 130 valence electrons. The minimum Gasteiger partial charge on any atom is -0.347 e. The Bertz CT molecular complexity index is 470. The Hall–Kier alpha value is -1.61. The number of nitriles is 1. The zero-order valence-electron chi connectivity index (χ0n) is 15.1. The summed E-state index contributed by atoms with van der Waals surface area (Å²) in [7, 11) is 1.83. The van der Waals surface area contributed by atoms with Crippen LogP contribution in [0.3, 0.4) is 0 Å². The Labute approximate surface area is 139 Å². The number of quaternary nitrogens is 1. The minimum absolute atomic E-state index is 0.0812. The SMILES string of the molecule is C[C@@H](C(=O)NC1(C#N)CCCCC1)[NH+](C)CC(=O)NC(C)(C)C. The van der Waals surface area contributed by atoms with Crippen LogP contribution in [0.2, 0.25) is 0 Å². The number of nitrogens with zero attached hydrogens (tertiary/aromatic N) is 1. The molecule has 1 fully saturated rings. The molecule has 2 amide bonds. The maximum Gasteiger partial charge on any atom is 0.279 e. The second kappa shape index (κ2) is 7.78. The van der Waals surface area contributed by atoms with E-state index in [1.165, 1.54) is 0 Å². The molecule has 0 aromatic rings. The topological polar surface area (TPSA) is 86.4 Å². The number of rotatable bonds is 5. The standard InChI is InChI=1S/C17H30N4O2/c1-13(21(5)11-14(22)19-16(2,3)4)15(23)20-17(12-18)9-7-6-8-10-17/h13H,6-11H2,1-5H3,(H,19,22)(H,20,23)/p+1/t13-/m0/s1. The Balaban J connectivity index is 2.58. The summed E-state index contributed by atoms with van der Waals surface area (Å²) in [6, 6.07) is 1.91. The number of likely N-dealkylation sites (N-methyl/N-ethyl adjacent to an activating group) is 1. The van der Waals surface area contributed by atoms with Gasteiger partial charge in [0.15, 0.2) is 12.6 Å². The zero-order chi connectivity index (χ0) is 17.7. The lowest BCUT2D eigenvalue weighted by molar-refractivity contribution is -0.886. The fourth-order valence-electron chi connectivity index (χ4n) is 2.86. The van der Waals surface area contributed by atoms with Gasteiger partial charge in [0.1, 0.15) is 5.54 Å². The molecule has 1 unspecified atom stereocenters. The second-order valence-electron chi connectivity index (χ2n) is 7.79. The third-order valence-electron chi connectivity index (χ3n) is 4.37. The van der Waals surface area contributed by atoms with Crippen molar-refractivity contribution < 1.29 is 14.5 Å². The zero-order valence-corrected chi connectivity index (χ0v) is 15.1. The van der Waals surface area contributed by atoms with E-state index >= 15 is 0 Å². The molecule has 0 aromatic carbocycles. The summed E-state index contributed by atoms with van der Waals surface area (Å²) in [6.07, 6.45) is 4.49. The molecule has 6 heteroatoms. The molecular weight excluding hydrogens is 292 g/mol. The van der Waals surface area contributed by atoms with Crippen LogP contribution in [0.25, 0.3) is 0 Å². The molecule has 3 N–H and O–H groups in total. The third-order valence-corrected chi connectivity index (χ3v) is 4.37. The first-order chi connectivity index (χ1) is 10.6. The fourth-order valence-corrected chi connectivity index (χ4v) is 2.86. The van der Waals surface area contributed by atoms with Gasteiger partial charge in [-0.15, -0.1) is 0 Å². The van der Waals surface area contributed by atoms with Crippen molar-refractivity contribution in [1.82, 2.24) is 10.6 Å². The molecule has 1 saturated carbocycles. The Morgan fingerprint density at radius 2 is 1.83 bits per heavy atom. The van der Waals surface area contributed by atoms with Crippen LogP contribution in [0.15, 0.2) is 0 Å². The van der Waals surface area contributed by atoms with Gasteiger partial charge >= 0.3 is 0 Å². The largest absolute Gasteiger partial charge is 0.347 e. The maximum atomic E-state index is 12.5. The van der Waals surface area contributed by atoms with E-state index in [9.17, 15) is 14.9 Å². The summed E-state index contributed by atoms with van der Waals surface area (Å²) < 4.78 is 0. The van der Waals surface area contributed by atoms with E-state index in [1.807, 2.05) is 27.8 Å². The highest BCUT2D eigenvalue weighted by molar-refractivity contribution is 5.82. The van der Waals surface area contributed by atoms with Gasteiger partial charge in [-0.2, -0.15) is 5.26 Å². The minimum atomic E-state index is -0.725. The summed E-state index contributed by atoms with van der Waals surface area (Å²) in [6.45, 7) is 7.80. The average molecular weight is 323 g/mol. The third kappa shape index (κ3) is 6.19. The van der Waals surface area contributed by atoms with Gasteiger partial charge in [-0.25, -0.2) is 0 Å². The summed E-state index contributed by atoms with van der Waals surface area (Å²) in [4.78, 5) is 25.3. The van der Waals surface area contributed by atoms with Crippen molar-refractivity contribution in [3.63, 3.8) is 0 Å². The van der Waals surface area contributed by atoms with Crippen LogP contribution >= 0.6 is 0 Å². The number of hydrogen-bond acceptors (Lipinski definition) is 3. The lowest BCUT2D eigenvalue weighted by atomic mass is 9.82. The second-order valence-corrected chi connectivity index (χ2v) is 7.79. The van der Waals surface area contributed by atoms with Gasteiger partial charge < -0.3 is 15.5 Å². The van der Waals surface area contributed by atoms with Gasteiger partial charge in [0.05, 0.1) is 13.1 Å². The van der Waals surface area contributed by atoms with Gasteiger partial charge in [0.25, 0.3) is 11.8 Å². The summed E-state index contributed by atoms with van der Waals surface area (Å²) >= 11 is 0. The molecule has 1 aliphatic carbocycles. The molecule has 0 spiro atoms. The molecule has 0 aliphatic heterocycles. The van der Waals surface area contributed by atoms with E-state index in [-0.39, 0.29) is 29.9 Å². The van der Waals surface area contributed by atoms with Crippen LogP contribution in [0.1, 0.15) is 59.8 Å². The Morgan fingerprint density at radius 1 is 1.26 bits per heavy atom. The highest BCUT2D eigenvalue weighted by atomic mass is 16.2. The first-order valence-corrected chi connectivity index (χ1v) is 8.45. The number of hydrogen-bond donors (Lipinski definition) is 3. The quantitative estimate of drug-likeness (QED) is 0.673. The molecule has 6 nitrogen and oxygen atoms in total. The predicted molar refractivity (Wildman–Crippen MR) is 88.7 cm³/mol. The number of nitrogens with one attached hydrogen (secondary N) is 3. The fraction of sp³-hybridized carbons (Fsp3) is 0.824. The van der Waals surface area contributed by atoms with Crippen LogP contribution in [-0.2, 0) is 9.59 Å². The smallest absolute Gasteiger partial charge is 0.279 e. The molecule has 0 saturated heterocycles. The van der Waals surface area contributed by atoms with E-state index in [0.29, 0.717) is 12.8 Å². The van der Waals surface area contributed by atoms with E-state index in [0.717, 1.165) is 24.2 Å². The van der Waals surface area contributed by atoms with Crippen LogP contribution in [0.4, 0.5) is 0 Å². The van der Waals surface area contributed by atoms with E-state index < -0.39 is 5.54 Å². The molecular formula is C17H31N4O2+. The number of amides is 2. The van der Waals surface area contributed by atoms with Gasteiger partial charge in [-0.3, -0.25) is 9.59 Å². The van der Waals surface area contributed by atoms with Crippen LogP contribution in [0.5, 0.6) is 0 Å². The molecule has 1 rings (SSSR count). The molecule has 0 heterocycles. The van der Waals surface area contributed by atoms with E-state index in [2.05, 4.69) is 16.7 Å². The molecule has 23 heavy (non-hydrogen) atoms. The summed E-state index contributed by atoms with van der Waals surface area (Å²) in [5.74, 6) is -0.239. The van der Waals surface area contributed by atoms with Gasteiger partial charge in [-0.1, -0.05) is 19.3 Å². The monoisotopic (exact) mass is 323 g/mol. The predicted octanol–water partition coefficient (Wildman–Crippen LogP) is 0.147. The van der Waals surface area contributed by atoms with Crippen LogP contribution in [-0.4, -0.2) is 42.5 Å². The Morgan fingerprint density at radius 3 is 2.30 bits per heavy atom. The highest BCUT2D eigenvalue weighted by Crippen LogP contribution is 2.27. The number of carbonyl (C=O) groups is 2. The first-order valence-electron chi connectivity index (χ1n) is 8.45. The molecule has 0 radical (unpaired) electrons. The van der Waals surface area contributed by atoms with Gasteiger partial charge in [0, 0.05) is 5.54 Å². The Kier molecular flexibility index (Phi) is 6.57. The molecule has 2 atom stereocenters. The lowest BCUT2D eigenvalue weighted by Crippen LogP contribution is -3.15. The summed E-state index contributed by atoms with van der Waals surface area (Å²) in [5, 5.41) is 15.3. The first kappa shape index (κ1) is 19.4. The van der Waals surface area contributed by atoms with E-state index in [1.54, 1.807) is 6.92 Å². The van der Waals surface area contributed by atoms with E-state index in [4.69, 9.17) is 0 Å². The van der Waals surface area contributed by atoms with Crippen molar-refractivity contribution in [1.29, 1.82) is 5.26 Å². The van der Waals surface area contributed by atoms with Crippen LogP contribution < -0.4 is 15.5 Å². The summed E-state index contributed by atoms with van der Waals surface area (Å²) in [5.41, 5.74) is -1.01. The van der Waals surface area contributed by atoms with Gasteiger partial charge in [0.2, 0.25) is 0 Å². The van der Waals surface area contributed by atoms with Crippen molar-refractivity contribution in [3.05, 3.63) is 0 Å². The van der Waals surface area contributed by atoms with Crippen molar-refractivity contribution >= 4 is 11.8 Å².